The third-order valence-corrected chi connectivity index (χ3v) is 3.97. The zero-order valence-electron chi connectivity index (χ0n) is 16.0. The van der Waals surface area contributed by atoms with E-state index in [1.54, 1.807) is 36.4 Å². The van der Waals surface area contributed by atoms with Crippen LogP contribution in [0.4, 0.5) is 17.1 Å². The molecule has 2 aromatic carbocycles. The number of hydrogen-bond donors (Lipinski definition) is 3. The number of aromatic nitrogens is 1. The molecule has 0 radical (unpaired) electrons. The molecule has 3 rings (SSSR count). The van der Waals surface area contributed by atoms with Gasteiger partial charge < -0.3 is 16.0 Å². The van der Waals surface area contributed by atoms with Gasteiger partial charge >= 0.3 is 0 Å². The molecule has 3 amide bonds. The molecule has 0 aliphatic rings. The van der Waals surface area contributed by atoms with Gasteiger partial charge in [0, 0.05) is 35.7 Å². The minimum atomic E-state index is -0.463. The summed E-state index contributed by atoms with van der Waals surface area (Å²) in [5.74, 6) is -1.00. The molecule has 7 nitrogen and oxygen atoms in total. The molecule has 0 spiro atoms. The monoisotopic (exact) mass is 388 g/mol. The van der Waals surface area contributed by atoms with Gasteiger partial charge in [-0.3, -0.25) is 19.4 Å². The maximum Gasteiger partial charge on any atom is 0.274 e. The second-order valence-electron chi connectivity index (χ2n) is 6.47. The van der Waals surface area contributed by atoms with E-state index in [4.69, 9.17) is 0 Å². The van der Waals surface area contributed by atoms with E-state index < -0.39 is 5.91 Å². The lowest BCUT2D eigenvalue weighted by molar-refractivity contribution is -0.114. The minimum Gasteiger partial charge on any atom is -0.326 e. The van der Waals surface area contributed by atoms with Crippen LogP contribution in [0.5, 0.6) is 0 Å². The van der Waals surface area contributed by atoms with Crippen molar-refractivity contribution in [2.75, 3.05) is 16.0 Å². The average Bonchev–Trinajstić information content (AvgIpc) is 2.68. The molecule has 0 saturated heterocycles. The van der Waals surface area contributed by atoms with Crippen molar-refractivity contribution in [2.24, 2.45) is 0 Å². The number of pyridine rings is 1. The first-order chi connectivity index (χ1) is 13.9. The summed E-state index contributed by atoms with van der Waals surface area (Å²) in [6, 6.07) is 17.2. The number of amides is 3. The number of nitrogens with one attached hydrogen (secondary N) is 3. The Kier molecular flexibility index (Phi) is 5.99. The van der Waals surface area contributed by atoms with Crippen LogP contribution < -0.4 is 16.0 Å². The second kappa shape index (κ2) is 8.79. The summed E-state index contributed by atoms with van der Waals surface area (Å²) >= 11 is 0. The van der Waals surface area contributed by atoms with Crippen molar-refractivity contribution < 1.29 is 14.4 Å². The smallest absolute Gasteiger partial charge is 0.274 e. The summed E-state index contributed by atoms with van der Waals surface area (Å²) in [5, 5.41) is 8.16. The maximum absolute atomic E-state index is 12.5. The summed E-state index contributed by atoms with van der Waals surface area (Å²) in [4.78, 5) is 40.2. The average molecular weight is 388 g/mol. The van der Waals surface area contributed by atoms with Gasteiger partial charge in [-0.15, -0.1) is 0 Å². The number of nitrogens with zero attached hydrogens (tertiary/aromatic N) is 1. The summed E-state index contributed by atoms with van der Waals surface area (Å²) in [6.07, 6.45) is 1.41. The van der Waals surface area contributed by atoms with Gasteiger partial charge in [-0.1, -0.05) is 18.2 Å². The van der Waals surface area contributed by atoms with Crippen molar-refractivity contribution in [2.45, 2.75) is 13.8 Å². The number of rotatable bonds is 5. The number of anilines is 3. The molecule has 0 saturated carbocycles. The topological polar surface area (TPSA) is 100 Å². The molecule has 0 aliphatic carbocycles. The fourth-order valence-corrected chi connectivity index (χ4v) is 2.70. The van der Waals surface area contributed by atoms with Crippen LogP contribution in [0.1, 0.15) is 33.3 Å². The van der Waals surface area contributed by atoms with Crippen LogP contribution in [0.15, 0.2) is 66.9 Å². The van der Waals surface area contributed by atoms with Crippen LogP contribution >= 0.6 is 0 Å². The molecule has 1 heterocycles. The third-order valence-electron chi connectivity index (χ3n) is 3.97. The molecule has 0 aliphatic heterocycles. The maximum atomic E-state index is 12.5. The Balaban J connectivity index is 1.72. The zero-order valence-corrected chi connectivity index (χ0v) is 16.0. The van der Waals surface area contributed by atoms with Gasteiger partial charge in [-0.05, 0) is 55.0 Å². The van der Waals surface area contributed by atoms with E-state index in [9.17, 15) is 14.4 Å². The molecule has 7 heteroatoms. The van der Waals surface area contributed by atoms with Crippen molar-refractivity contribution in [1.29, 1.82) is 0 Å². The molecule has 146 valence electrons. The van der Waals surface area contributed by atoms with E-state index >= 15 is 0 Å². The van der Waals surface area contributed by atoms with Gasteiger partial charge in [0.25, 0.3) is 11.8 Å². The molecular formula is C22H20N4O3. The summed E-state index contributed by atoms with van der Waals surface area (Å²) in [6.45, 7) is 3.34. The number of aryl methyl sites for hydroxylation is 1. The van der Waals surface area contributed by atoms with E-state index in [2.05, 4.69) is 20.9 Å². The molecule has 0 fully saturated rings. The highest BCUT2D eigenvalue weighted by Gasteiger charge is 2.13. The standard InChI is InChI=1S/C22H20N4O3/c1-14-5-3-6-17(11-14)25-21(28)16-9-10-23-20(12-16)22(29)26-19-8-4-7-18(13-19)24-15(2)27/h3-13H,1-2H3,(H,24,27)(H,25,28)(H,26,29). The largest absolute Gasteiger partial charge is 0.326 e. The van der Waals surface area contributed by atoms with E-state index in [0.29, 0.717) is 22.6 Å². The number of carbonyl (C=O) groups excluding carboxylic acids is 3. The molecule has 0 unspecified atom stereocenters. The lowest BCUT2D eigenvalue weighted by atomic mass is 10.2. The van der Waals surface area contributed by atoms with Gasteiger partial charge in [0.15, 0.2) is 0 Å². The first-order valence-corrected chi connectivity index (χ1v) is 8.94. The van der Waals surface area contributed by atoms with Gasteiger partial charge in [0.1, 0.15) is 5.69 Å². The zero-order chi connectivity index (χ0) is 20.8. The van der Waals surface area contributed by atoms with Crippen molar-refractivity contribution in [3.05, 3.63) is 83.7 Å². The van der Waals surface area contributed by atoms with Gasteiger partial charge in [-0.25, -0.2) is 0 Å². The third kappa shape index (κ3) is 5.49. The van der Waals surface area contributed by atoms with Crippen LogP contribution in [0, 0.1) is 6.92 Å². The summed E-state index contributed by atoms with van der Waals surface area (Å²) in [5.41, 5.74) is 3.18. The van der Waals surface area contributed by atoms with E-state index in [1.807, 2.05) is 25.1 Å². The molecule has 29 heavy (non-hydrogen) atoms. The second-order valence-corrected chi connectivity index (χ2v) is 6.47. The van der Waals surface area contributed by atoms with Crippen LogP contribution in [0.25, 0.3) is 0 Å². The highest BCUT2D eigenvalue weighted by molar-refractivity contribution is 6.08. The Labute approximate surface area is 168 Å². The van der Waals surface area contributed by atoms with Crippen LogP contribution in [-0.2, 0) is 4.79 Å². The first-order valence-electron chi connectivity index (χ1n) is 8.94. The predicted octanol–water partition coefficient (Wildman–Crippen LogP) is 3.85. The minimum absolute atomic E-state index is 0.104. The molecule has 0 atom stereocenters. The molecule has 0 bridgehead atoms. The predicted molar refractivity (Wildman–Crippen MR) is 112 cm³/mol. The molecule has 3 aromatic rings. The highest BCUT2D eigenvalue weighted by Crippen LogP contribution is 2.16. The normalized spacial score (nSPS) is 10.1. The SMILES string of the molecule is CC(=O)Nc1cccc(NC(=O)c2cc(C(=O)Nc3cccc(C)c3)ccn2)c1. The van der Waals surface area contributed by atoms with Crippen molar-refractivity contribution in [1.82, 2.24) is 4.98 Å². The Morgan fingerprint density at radius 1 is 0.759 bits per heavy atom. The van der Waals surface area contributed by atoms with Gasteiger partial charge in [-0.2, -0.15) is 0 Å². The fraction of sp³-hybridized carbons (Fsp3) is 0.0909. The van der Waals surface area contributed by atoms with E-state index in [0.717, 1.165) is 5.56 Å². The number of carbonyl (C=O) groups is 3. The molecule has 1 aromatic heterocycles. The fourth-order valence-electron chi connectivity index (χ4n) is 2.70. The van der Waals surface area contributed by atoms with Crippen LogP contribution in [0.3, 0.4) is 0 Å². The van der Waals surface area contributed by atoms with Crippen molar-refractivity contribution >= 4 is 34.8 Å². The lowest BCUT2D eigenvalue weighted by Crippen LogP contribution is -2.17. The Hall–Kier alpha value is -4.00. The Morgan fingerprint density at radius 2 is 1.38 bits per heavy atom. The van der Waals surface area contributed by atoms with Gasteiger partial charge in [0.2, 0.25) is 5.91 Å². The van der Waals surface area contributed by atoms with Gasteiger partial charge in [0.05, 0.1) is 0 Å². The van der Waals surface area contributed by atoms with Crippen LogP contribution in [0.2, 0.25) is 0 Å². The Morgan fingerprint density at radius 3 is 2.07 bits per heavy atom. The molecule has 3 N–H and O–H groups in total. The first kappa shape index (κ1) is 19.8. The highest BCUT2D eigenvalue weighted by atomic mass is 16.2. The summed E-state index contributed by atoms with van der Waals surface area (Å²) < 4.78 is 0. The summed E-state index contributed by atoms with van der Waals surface area (Å²) in [7, 11) is 0. The molecular weight excluding hydrogens is 368 g/mol. The quantitative estimate of drug-likeness (QED) is 0.618. The Bertz CT molecular complexity index is 1080. The lowest BCUT2D eigenvalue weighted by Gasteiger charge is -2.09. The number of hydrogen-bond acceptors (Lipinski definition) is 4. The van der Waals surface area contributed by atoms with Crippen molar-refractivity contribution in [3.8, 4) is 0 Å². The van der Waals surface area contributed by atoms with E-state index in [1.165, 1.54) is 19.2 Å². The number of benzene rings is 2. The van der Waals surface area contributed by atoms with Crippen LogP contribution in [-0.4, -0.2) is 22.7 Å². The van der Waals surface area contributed by atoms with Crippen molar-refractivity contribution in [3.63, 3.8) is 0 Å². The van der Waals surface area contributed by atoms with E-state index in [-0.39, 0.29) is 17.5 Å².